The Balaban J connectivity index is 0.000001000. The maximum Gasteiger partial charge on any atom is 0.0626 e. The van der Waals surface area contributed by atoms with Crippen LogP contribution < -0.4 is 0 Å². The number of hydrogen-bond acceptors (Lipinski definition) is 0. The molecule has 0 saturated carbocycles. The van der Waals surface area contributed by atoms with Crippen LogP contribution in [-0.4, -0.2) is 7.85 Å². The Labute approximate surface area is 84.1 Å². The summed E-state index contributed by atoms with van der Waals surface area (Å²) in [6.45, 7) is 3.90. The topological polar surface area (TPSA) is 0 Å². The van der Waals surface area contributed by atoms with Crippen molar-refractivity contribution in [2.75, 3.05) is 0 Å². The monoisotopic (exact) mass is 313 g/mol. The van der Waals surface area contributed by atoms with Gasteiger partial charge in [0.05, 0.1) is 7.85 Å². The third-order valence-corrected chi connectivity index (χ3v) is 1.56. The van der Waals surface area contributed by atoms with Gasteiger partial charge in [-0.1, -0.05) is 35.9 Å². The van der Waals surface area contributed by atoms with E-state index in [4.69, 9.17) is 7.85 Å². The van der Waals surface area contributed by atoms with Gasteiger partial charge in [0.2, 0.25) is 0 Å². The number of hydrogen-bond donors (Lipinski definition) is 0. The van der Waals surface area contributed by atoms with Gasteiger partial charge in [0.1, 0.15) is 0 Å². The van der Waals surface area contributed by atoms with Gasteiger partial charge < -0.3 is 6.92 Å². The van der Waals surface area contributed by atoms with E-state index in [1.54, 1.807) is 0 Å². The Bertz CT molecular complexity index is 186. The molecule has 2 heteroatoms. The van der Waals surface area contributed by atoms with Gasteiger partial charge in [0.25, 0.3) is 0 Å². The fourth-order valence-electron chi connectivity index (χ4n) is 0.861. The molecule has 0 heterocycles. The van der Waals surface area contributed by atoms with Crippen LogP contribution in [0.1, 0.15) is 11.5 Å². The zero-order valence-corrected chi connectivity index (χ0v) is 9.30. The number of rotatable bonds is 2. The number of benzene rings is 1. The van der Waals surface area contributed by atoms with Crippen LogP contribution in [0.2, 0.25) is 6.32 Å². The summed E-state index contributed by atoms with van der Waals surface area (Å²) >= 11 is 0. The Morgan fingerprint density at radius 1 is 1.27 bits per heavy atom. The van der Waals surface area contributed by atoms with Crippen LogP contribution in [0, 0.1) is 6.92 Å². The van der Waals surface area contributed by atoms with Crippen LogP contribution in [0.4, 0.5) is 0 Å². The normalized spacial score (nSPS) is 11.7. The Morgan fingerprint density at radius 2 is 1.82 bits per heavy atom. The van der Waals surface area contributed by atoms with E-state index in [0.29, 0.717) is 6.32 Å². The quantitative estimate of drug-likeness (QED) is 0.580. The molecule has 0 saturated heterocycles. The van der Waals surface area contributed by atoms with Crippen LogP contribution in [0.3, 0.4) is 0 Å². The van der Waals surface area contributed by atoms with Crippen molar-refractivity contribution in [2.24, 2.45) is 0 Å². The third kappa shape index (κ3) is 3.25. The van der Waals surface area contributed by atoms with Gasteiger partial charge in [-0.25, -0.2) is 0 Å². The minimum absolute atomic E-state index is 0. The summed E-state index contributed by atoms with van der Waals surface area (Å²) in [5, 5.41) is 0. The summed E-state index contributed by atoms with van der Waals surface area (Å²) < 4.78 is 0. The Kier molecular flexibility index (Phi) is 5.59. The van der Waals surface area contributed by atoms with Gasteiger partial charge in [-0.2, -0.15) is 5.92 Å². The van der Waals surface area contributed by atoms with E-state index in [9.17, 15) is 0 Å². The summed E-state index contributed by atoms with van der Waals surface area (Å²) in [6, 6.07) is 10.1. The molecule has 11 heavy (non-hydrogen) atoms. The van der Waals surface area contributed by atoms with Crippen molar-refractivity contribution in [3.63, 3.8) is 0 Å². The second-order valence-electron chi connectivity index (χ2n) is 2.34. The predicted octanol–water partition coefficient (Wildman–Crippen LogP) is 2.19. The van der Waals surface area contributed by atoms with Crippen LogP contribution in [-0.2, 0) is 21.1 Å². The summed E-state index contributed by atoms with van der Waals surface area (Å²) in [5.74, 6) is 0.237. The summed E-state index contributed by atoms with van der Waals surface area (Å²) in [7, 11) is 5.44. The standard InChI is InChI=1S/C9H10B.W/c1-8(7-10)9-5-3-2-4-6-9;/h2-6,8H,1,7H2;/q-1;/t8-;/m0./s1. The molecular formula is C9H10BW-. The van der Waals surface area contributed by atoms with Crippen molar-refractivity contribution in [1.29, 1.82) is 0 Å². The van der Waals surface area contributed by atoms with E-state index in [2.05, 4.69) is 6.92 Å². The molecule has 0 fully saturated rings. The predicted molar refractivity (Wildman–Crippen MR) is 45.1 cm³/mol. The summed E-state index contributed by atoms with van der Waals surface area (Å²) in [4.78, 5) is 0. The molecule has 0 aliphatic carbocycles. The molecule has 0 unspecified atom stereocenters. The van der Waals surface area contributed by atoms with Crippen molar-refractivity contribution in [3.05, 3.63) is 42.8 Å². The average molecular weight is 313 g/mol. The average Bonchev–Trinajstić information content (AvgIpc) is 2.05. The Hall–Kier alpha value is -0.0268. The SMILES string of the molecule is [B]C[C@H]([CH2-])c1ccccc1.[W]. The Morgan fingerprint density at radius 3 is 2.27 bits per heavy atom. The van der Waals surface area contributed by atoms with Crippen molar-refractivity contribution in [2.45, 2.75) is 12.2 Å². The maximum atomic E-state index is 5.44. The van der Waals surface area contributed by atoms with Crippen LogP contribution in [0.5, 0.6) is 0 Å². The molecule has 1 atom stereocenters. The molecule has 0 aromatic heterocycles. The van der Waals surface area contributed by atoms with Crippen LogP contribution in [0.15, 0.2) is 30.3 Å². The minimum atomic E-state index is 0. The first-order chi connectivity index (χ1) is 4.84. The molecule has 56 valence electrons. The summed E-state index contributed by atoms with van der Waals surface area (Å²) in [5.41, 5.74) is 1.21. The van der Waals surface area contributed by atoms with Gasteiger partial charge >= 0.3 is 0 Å². The van der Waals surface area contributed by atoms with Crippen LogP contribution in [0.25, 0.3) is 0 Å². The zero-order chi connectivity index (χ0) is 7.40. The molecule has 0 amide bonds. The molecule has 0 aliphatic heterocycles. The molecule has 1 aromatic carbocycles. The largest absolute Gasteiger partial charge is 0.337 e. The molecular weight excluding hydrogens is 303 g/mol. The van der Waals surface area contributed by atoms with Crippen LogP contribution >= 0.6 is 0 Å². The molecule has 0 nitrogen and oxygen atoms in total. The first-order valence-corrected chi connectivity index (χ1v) is 3.42. The smallest absolute Gasteiger partial charge is 0.0626 e. The second kappa shape index (κ2) is 5.60. The van der Waals surface area contributed by atoms with E-state index in [-0.39, 0.29) is 27.0 Å². The van der Waals surface area contributed by atoms with Crippen molar-refractivity contribution >= 4 is 7.85 Å². The molecule has 0 aliphatic rings. The molecule has 0 bridgehead atoms. The third-order valence-electron chi connectivity index (χ3n) is 1.56. The molecule has 1 rings (SSSR count). The fourth-order valence-corrected chi connectivity index (χ4v) is 0.861. The molecule has 2 radical (unpaired) electrons. The zero-order valence-electron chi connectivity index (χ0n) is 6.36. The van der Waals surface area contributed by atoms with Crippen molar-refractivity contribution in [3.8, 4) is 0 Å². The van der Waals surface area contributed by atoms with E-state index in [0.717, 1.165) is 0 Å². The van der Waals surface area contributed by atoms with Gasteiger partial charge in [0, 0.05) is 21.1 Å². The first kappa shape index (κ1) is 11.0. The first-order valence-electron chi connectivity index (χ1n) is 3.42. The molecule has 0 spiro atoms. The van der Waals surface area contributed by atoms with E-state index in [1.165, 1.54) is 5.56 Å². The fraction of sp³-hybridized carbons (Fsp3) is 0.222. The van der Waals surface area contributed by atoms with Gasteiger partial charge in [-0.15, -0.1) is 6.32 Å². The molecule has 0 N–H and O–H groups in total. The second-order valence-corrected chi connectivity index (χ2v) is 2.34. The minimum Gasteiger partial charge on any atom is -0.337 e. The van der Waals surface area contributed by atoms with Gasteiger partial charge in [0.15, 0.2) is 0 Å². The van der Waals surface area contributed by atoms with Gasteiger partial charge in [-0.05, 0) is 0 Å². The van der Waals surface area contributed by atoms with E-state index >= 15 is 0 Å². The maximum absolute atomic E-state index is 5.44. The van der Waals surface area contributed by atoms with Gasteiger partial charge in [-0.3, -0.25) is 0 Å². The summed E-state index contributed by atoms with van der Waals surface area (Å²) in [6.07, 6.45) is 0.615. The molecule has 1 aromatic rings. The van der Waals surface area contributed by atoms with Crippen molar-refractivity contribution in [1.82, 2.24) is 0 Å². The van der Waals surface area contributed by atoms with Crippen molar-refractivity contribution < 1.29 is 21.1 Å². The van der Waals surface area contributed by atoms with E-state index < -0.39 is 0 Å². The van der Waals surface area contributed by atoms with E-state index in [1.807, 2.05) is 30.3 Å².